The molecule has 0 spiro atoms. The molecule has 5 rings (SSSR count). The SMILES string of the molecule is CC(=O)C1CC1c1ccc(NC2CCc3c(-c4ccccc4)cccc32)cn1. The molecule has 1 saturated carbocycles. The van der Waals surface area contributed by atoms with Gasteiger partial charge in [0.15, 0.2) is 0 Å². The molecule has 1 fully saturated rings. The van der Waals surface area contributed by atoms with Crippen molar-refractivity contribution in [2.45, 2.75) is 38.1 Å². The molecule has 2 aliphatic carbocycles. The van der Waals surface area contributed by atoms with Crippen LogP contribution in [0, 0.1) is 5.92 Å². The van der Waals surface area contributed by atoms with E-state index in [4.69, 9.17) is 0 Å². The lowest BCUT2D eigenvalue weighted by atomic mass is 9.96. The number of carbonyl (C=O) groups is 1. The molecule has 0 radical (unpaired) electrons. The third-order valence-electron chi connectivity index (χ3n) is 6.18. The maximum absolute atomic E-state index is 11.5. The highest BCUT2D eigenvalue weighted by Crippen LogP contribution is 2.47. The van der Waals surface area contributed by atoms with Gasteiger partial charge in [0.25, 0.3) is 0 Å². The number of hydrogen-bond donors (Lipinski definition) is 1. The molecule has 140 valence electrons. The van der Waals surface area contributed by atoms with Crippen molar-refractivity contribution in [1.29, 1.82) is 0 Å². The highest BCUT2D eigenvalue weighted by molar-refractivity contribution is 5.82. The van der Waals surface area contributed by atoms with Crippen molar-refractivity contribution in [3.63, 3.8) is 0 Å². The predicted molar refractivity (Wildman–Crippen MR) is 112 cm³/mol. The Bertz CT molecular complexity index is 1010. The number of fused-ring (bicyclic) bond motifs is 1. The summed E-state index contributed by atoms with van der Waals surface area (Å²) in [6.45, 7) is 1.68. The molecule has 1 N–H and O–H groups in total. The van der Waals surface area contributed by atoms with Gasteiger partial charge in [0.1, 0.15) is 5.78 Å². The highest BCUT2D eigenvalue weighted by Gasteiger charge is 2.42. The Hall–Kier alpha value is -2.94. The van der Waals surface area contributed by atoms with Crippen molar-refractivity contribution in [3.05, 3.63) is 83.7 Å². The fourth-order valence-corrected chi connectivity index (χ4v) is 4.57. The normalized spacial score (nSPS) is 22.5. The van der Waals surface area contributed by atoms with E-state index in [0.717, 1.165) is 30.6 Å². The largest absolute Gasteiger partial charge is 0.377 e. The summed E-state index contributed by atoms with van der Waals surface area (Å²) in [5.74, 6) is 0.794. The summed E-state index contributed by atoms with van der Waals surface area (Å²) >= 11 is 0. The molecular weight excluding hydrogens is 344 g/mol. The summed E-state index contributed by atoms with van der Waals surface area (Å²) < 4.78 is 0. The number of anilines is 1. The minimum absolute atomic E-state index is 0.185. The molecule has 3 heteroatoms. The zero-order valence-corrected chi connectivity index (χ0v) is 16.1. The van der Waals surface area contributed by atoms with Gasteiger partial charge in [-0.2, -0.15) is 0 Å². The van der Waals surface area contributed by atoms with Crippen molar-refractivity contribution in [2.75, 3.05) is 5.32 Å². The van der Waals surface area contributed by atoms with E-state index in [0.29, 0.717) is 12.0 Å². The zero-order valence-electron chi connectivity index (χ0n) is 16.1. The van der Waals surface area contributed by atoms with Crippen LogP contribution in [0.5, 0.6) is 0 Å². The molecule has 1 aromatic heterocycles. The summed E-state index contributed by atoms with van der Waals surface area (Å²) in [4.78, 5) is 16.1. The first-order valence-corrected chi connectivity index (χ1v) is 10.1. The molecule has 0 bridgehead atoms. The molecule has 1 heterocycles. The van der Waals surface area contributed by atoms with Crippen molar-refractivity contribution in [3.8, 4) is 11.1 Å². The third-order valence-corrected chi connectivity index (χ3v) is 6.18. The summed E-state index contributed by atoms with van der Waals surface area (Å²) in [7, 11) is 0. The second-order valence-corrected chi connectivity index (χ2v) is 8.01. The van der Waals surface area contributed by atoms with Gasteiger partial charge in [-0.1, -0.05) is 48.5 Å². The number of aromatic nitrogens is 1. The fourth-order valence-electron chi connectivity index (χ4n) is 4.57. The Kier molecular flexibility index (Phi) is 4.23. The number of hydrogen-bond acceptors (Lipinski definition) is 3. The van der Waals surface area contributed by atoms with E-state index in [1.54, 1.807) is 6.92 Å². The van der Waals surface area contributed by atoms with E-state index in [-0.39, 0.29) is 11.7 Å². The molecule has 3 nitrogen and oxygen atoms in total. The van der Waals surface area contributed by atoms with Gasteiger partial charge in [-0.15, -0.1) is 0 Å². The average Bonchev–Trinajstić information content (AvgIpc) is 3.44. The minimum Gasteiger partial charge on any atom is -0.377 e. The van der Waals surface area contributed by atoms with Gasteiger partial charge in [0.2, 0.25) is 0 Å². The van der Waals surface area contributed by atoms with Crippen LogP contribution in [0.1, 0.15) is 48.5 Å². The van der Waals surface area contributed by atoms with Crippen LogP contribution in [0.4, 0.5) is 5.69 Å². The van der Waals surface area contributed by atoms with Crippen LogP contribution < -0.4 is 5.32 Å². The van der Waals surface area contributed by atoms with Crippen LogP contribution in [0.2, 0.25) is 0 Å². The van der Waals surface area contributed by atoms with E-state index in [2.05, 4.69) is 71.0 Å². The molecule has 3 aromatic rings. The quantitative estimate of drug-likeness (QED) is 0.643. The van der Waals surface area contributed by atoms with Gasteiger partial charge in [-0.3, -0.25) is 9.78 Å². The molecule has 2 aromatic carbocycles. The Morgan fingerprint density at radius 3 is 2.61 bits per heavy atom. The van der Waals surface area contributed by atoms with Gasteiger partial charge in [-0.05, 0) is 60.6 Å². The number of Topliss-reactive ketones (excluding diaryl/α,β-unsaturated/α-hetero) is 1. The number of rotatable bonds is 5. The van der Waals surface area contributed by atoms with Gasteiger partial charge in [-0.25, -0.2) is 0 Å². The van der Waals surface area contributed by atoms with Crippen molar-refractivity contribution >= 4 is 11.5 Å². The predicted octanol–water partition coefficient (Wildman–Crippen LogP) is 5.54. The van der Waals surface area contributed by atoms with E-state index in [1.807, 2.05) is 6.20 Å². The average molecular weight is 368 g/mol. The number of carbonyl (C=O) groups excluding carboxylic acids is 1. The first kappa shape index (κ1) is 17.2. The van der Waals surface area contributed by atoms with Gasteiger partial charge in [0.05, 0.1) is 17.9 Å². The van der Waals surface area contributed by atoms with Crippen LogP contribution in [0.25, 0.3) is 11.1 Å². The maximum Gasteiger partial charge on any atom is 0.133 e. The standard InChI is InChI=1S/C25H24N2O/c1-16(28)22-14-23(22)24-12-10-18(15-26-24)27-25-13-11-20-19(8-5-9-21(20)25)17-6-3-2-4-7-17/h2-10,12,15,22-23,25,27H,11,13-14H2,1H3. The lowest BCUT2D eigenvalue weighted by Gasteiger charge is -2.16. The first-order valence-electron chi connectivity index (χ1n) is 10.1. The smallest absolute Gasteiger partial charge is 0.133 e. The van der Waals surface area contributed by atoms with Crippen LogP contribution in [0.3, 0.4) is 0 Å². The Labute approximate surface area is 165 Å². The van der Waals surface area contributed by atoms with Crippen LogP contribution >= 0.6 is 0 Å². The van der Waals surface area contributed by atoms with Crippen LogP contribution in [-0.4, -0.2) is 10.8 Å². The second kappa shape index (κ2) is 6.90. The van der Waals surface area contributed by atoms with Crippen molar-refractivity contribution in [2.24, 2.45) is 5.92 Å². The van der Waals surface area contributed by atoms with E-state index >= 15 is 0 Å². The second-order valence-electron chi connectivity index (χ2n) is 8.01. The van der Waals surface area contributed by atoms with Crippen LogP contribution in [-0.2, 0) is 11.2 Å². The molecular formula is C25H24N2O. The van der Waals surface area contributed by atoms with Crippen molar-refractivity contribution < 1.29 is 4.79 Å². The van der Waals surface area contributed by atoms with E-state index < -0.39 is 0 Å². The third kappa shape index (κ3) is 3.11. The molecule has 0 saturated heterocycles. The first-order chi connectivity index (χ1) is 13.7. The molecule has 0 amide bonds. The number of nitrogens with zero attached hydrogens (tertiary/aromatic N) is 1. The monoisotopic (exact) mass is 368 g/mol. The minimum atomic E-state index is 0.185. The van der Waals surface area contributed by atoms with E-state index in [1.165, 1.54) is 22.3 Å². The summed E-state index contributed by atoms with van der Waals surface area (Å²) in [5, 5.41) is 3.67. The highest BCUT2D eigenvalue weighted by atomic mass is 16.1. The van der Waals surface area contributed by atoms with E-state index in [9.17, 15) is 4.79 Å². The Morgan fingerprint density at radius 2 is 1.89 bits per heavy atom. The number of pyridine rings is 1. The van der Waals surface area contributed by atoms with Gasteiger partial charge >= 0.3 is 0 Å². The summed E-state index contributed by atoms with van der Waals surface area (Å²) in [6, 6.07) is 21.8. The lowest BCUT2D eigenvalue weighted by molar-refractivity contribution is -0.118. The summed E-state index contributed by atoms with van der Waals surface area (Å²) in [5.41, 5.74) is 7.58. The maximum atomic E-state index is 11.5. The van der Waals surface area contributed by atoms with Crippen molar-refractivity contribution in [1.82, 2.24) is 4.98 Å². The Balaban J connectivity index is 1.34. The molecule has 3 atom stereocenters. The van der Waals surface area contributed by atoms with Gasteiger partial charge in [0, 0.05) is 17.5 Å². The topological polar surface area (TPSA) is 42.0 Å². The number of benzene rings is 2. The molecule has 3 unspecified atom stereocenters. The molecule has 28 heavy (non-hydrogen) atoms. The molecule has 0 aliphatic heterocycles. The summed E-state index contributed by atoms with van der Waals surface area (Å²) in [6.07, 6.45) is 5.05. The fraction of sp³-hybridized carbons (Fsp3) is 0.280. The van der Waals surface area contributed by atoms with Gasteiger partial charge < -0.3 is 5.32 Å². The number of nitrogens with one attached hydrogen (secondary N) is 1. The zero-order chi connectivity index (χ0) is 19.1. The van der Waals surface area contributed by atoms with Crippen LogP contribution in [0.15, 0.2) is 66.9 Å². The lowest BCUT2D eigenvalue weighted by Crippen LogP contribution is -2.07. The number of ketones is 1. The Morgan fingerprint density at radius 1 is 1.04 bits per heavy atom. The molecule has 2 aliphatic rings.